The quantitative estimate of drug-likeness (QED) is 0.920. The second kappa shape index (κ2) is 6.19. The molecule has 1 fully saturated rings. The van der Waals surface area contributed by atoms with E-state index in [4.69, 9.17) is 0 Å². The summed E-state index contributed by atoms with van der Waals surface area (Å²) in [7, 11) is 0. The van der Waals surface area contributed by atoms with Gasteiger partial charge in [-0.3, -0.25) is 4.79 Å². The van der Waals surface area contributed by atoms with Crippen molar-refractivity contribution in [1.82, 2.24) is 5.32 Å². The van der Waals surface area contributed by atoms with Crippen LogP contribution in [0.15, 0.2) is 42.5 Å². The highest BCUT2D eigenvalue weighted by atomic mass is 16.1. The van der Waals surface area contributed by atoms with E-state index in [2.05, 4.69) is 35.6 Å². The summed E-state index contributed by atoms with van der Waals surface area (Å²) in [4.78, 5) is 12.3. The van der Waals surface area contributed by atoms with Crippen molar-refractivity contribution in [2.24, 2.45) is 5.92 Å². The molecule has 1 aliphatic rings. The first kappa shape index (κ1) is 13.3. The van der Waals surface area contributed by atoms with E-state index in [-0.39, 0.29) is 0 Å². The normalized spacial score (nSPS) is 16.4. The van der Waals surface area contributed by atoms with Crippen LogP contribution in [0.2, 0.25) is 0 Å². The van der Waals surface area contributed by atoms with Crippen LogP contribution in [-0.2, 0) is 11.2 Å². The first-order chi connectivity index (χ1) is 9.83. The van der Waals surface area contributed by atoms with Crippen molar-refractivity contribution >= 4 is 16.6 Å². The Morgan fingerprint density at radius 1 is 1.05 bits per heavy atom. The van der Waals surface area contributed by atoms with Crippen molar-refractivity contribution in [2.45, 2.75) is 25.7 Å². The third kappa shape index (κ3) is 3.07. The second-order valence-corrected chi connectivity index (χ2v) is 5.75. The van der Waals surface area contributed by atoms with Gasteiger partial charge in [-0.1, -0.05) is 42.5 Å². The largest absolute Gasteiger partial charge is 0.317 e. The highest BCUT2D eigenvalue weighted by Gasteiger charge is 2.17. The number of piperidine rings is 1. The van der Waals surface area contributed by atoms with Crippen LogP contribution in [0, 0.1) is 5.92 Å². The summed E-state index contributed by atoms with van der Waals surface area (Å²) in [5.74, 6) is 0.965. The fourth-order valence-electron chi connectivity index (χ4n) is 3.14. The lowest BCUT2D eigenvalue weighted by atomic mass is 9.90. The molecule has 1 aliphatic heterocycles. The van der Waals surface area contributed by atoms with E-state index in [0.29, 0.717) is 18.1 Å². The second-order valence-electron chi connectivity index (χ2n) is 5.75. The third-order valence-electron chi connectivity index (χ3n) is 4.24. The number of ketones is 1. The van der Waals surface area contributed by atoms with E-state index >= 15 is 0 Å². The van der Waals surface area contributed by atoms with E-state index in [1.165, 1.54) is 16.3 Å². The maximum atomic E-state index is 12.3. The summed E-state index contributed by atoms with van der Waals surface area (Å²) in [5.41, 5.74) is 1.17. The number of fused-ring (bicyclic) bond motifs is 1. The molecule has 3 rings (SSSR count). The Labute approximate surface area is 120 Å². The summed E-state index contributed by atoms with van der Waals surface area (Å²) in [6.45, 7) is 2.12. The fourth-order valence-corrected chi connectivity index (χ4v) is 3.14. The average Bonchev–Trinajstić information content (AvgIpc) is 2.48. The molecule has 0 atom stereocenters. The summed E-state index contributed by atoms with van der Waals surface area (Å²) in [6.07, 6.45) is 3.60. The average molecular weight is 267 g/mol. The molecule has 0 aromatic heterocycles. The molecular weight excluding hydrogens is 246 g/mol. The number of carbonyl (C=O) groups excluding carboxylic acids is 1. The van der Waals surface area contributed by atoms with Crippen molar-refractivity contribution in [3.8, 4) is 0 Å². The molecule has 1 heterocycles. The molecule has 0 unspecified atom stereocenters. The first-order valence-electron chi connectivity index (χ1n) is 7.52. The van der Waals surface area contributed by atoms with Gasteiger partial charge < -0.3 is 5.32 Å². The van der Waals surface area contributed by atoms with E-state index in [1.54, 1.807) is 0 Å². The molecule has 1 saturated heterocycles. The van der Waals surface area contributed by atoms with Gasteiger partial charge in [0.1, 0.15) is 5.78 Å². The zero-order valence-electron chi connectivity index (χ0n) is 11.8. The van der Waals surface area contributed by atoms with Gasteiger partial charge in [-0.15, -0.1) is 0 Å². The van der Waals surface area contributed by atoms with E-state index in [1.807, 2.05) is 12.1 Å². The van der Waals surface area contributed by atoms with Crippen molar-refractivity contribution in [2.75, 3.05) is 13.1 Å². The van der Waals surface area contributed by atoms with Crippen LogP contribution in [0.1, 0.15) is 24.8 Å². The van der Waals surface area contributed by atoms with Crippen LogP contribution in [0.25, 0.3) is 10.8 Å². The Bertz CT molecular complexity index is 594. The molecular formula is C18H21NO. The Balaban J connectivity index is 1.71. The summed E-state index contributed by atoms with van der Waals surface area (Å²) in [6, 6.07) is 14.6. The lowest BCUT2D eigenvalue weighted by Gasteiger charge is -2.21. The molecule has 1 N–H and O–H groups in total. The van der Waals surface area contributed by atoms with Gasteiger partial charge in [0, 0.05) is 12.8 Å². The number of hydrogen-bond donors (Lipinski definition) is 1. The number of benzene rings is 2. The molecule has 0 amide bonds. The number of carbonyl (C=O) groups is 1. The Morgan fingerprint density at radius 3 is 2.65 bits per heavy atom. The van der Waals surface area contributed by atoms with E-state index in [9.17, 15) is 4.79 Å². The molecule has 104 valence electrons. The molecule has 20 heavy (non-hydrogen) atoms. The van der Waals surface area contributed by atoms with Gasteiger partial charge in [0.25, 0.3) is 0 Å². The van der Waals surface area contributed by atoms with Gasteiger partial charge in [0.2, 0.25) is 0 Å². The van der Waals surface area contributed by atoms with Crippen molar-refractivity contribution < 1.29 is 4.79 Å². The summed E-state index contributed by atoms with van der Waals surface area (Å²) < 4.78 is 0. The zero-order valence-corrected chi connectivity index (χ0v) is 11.8. The Kier molecular flexibility index (Phi) is 4.12. The Morgan fingerprint density at radius 2 is 1.80 bits per heavy atom. The van der Waals surface area contributed by atoms with Gasteiger partial charge in [-0.05, 0) is 48.2 Å². The summed E-state index contributed by atoms with van der Waals surface area (Å²) >= 11 is 0. The maximum Gasteiger partial charge on any atom is 0.137 e. The molecule has 2 nitrogen and oxygen atoms in total. The SMILES string of the molecule is O=C(Cc1cccc2ccccc12)CC1CCNCC1. The molecule has 0 saturated carbocycles. The highest BCUT2D eigenvalue weighted by molar-refractivity contribution is 5.90. The minimum Gasteiger partial charge on any atom is -0.317 e. The molecule has 0 aliphatic carbocycles. The minimum atomic E-state index is 0.383. The maximum absolute atomic E-state index is 12.3. The van der Waals surface area contributed by atoms with Crippen molar-refractivity contribution in [3.63, 3.8) is 0 Å². The smallest absolute Gasteiger partial charge is 0.137 e. The van der Waals surface area contributed by atoms with E-state index in [0.717, 1.165) is 32.4 Å². The van der Waals surface area contributed by atoms with Crippen LogP contribution in [0.4, 0.5) is 0 Å². The minimum absolute atomic E-state index is 0.383. The van der Waals surface area contributed by atoms with Gasteiger partial charge in [0.05, 0.1) is 0 Å². The van der Waals surface area contributed by atoms with Gasteiger partial charge in [0.15, 0.2) is 0 Å². The molecule has 2 heteroatoms. The lowest BCUT2D eigenvalue weighted by molar-refractivity contribution is -0.119. The third-order valence-corrected chi connectivity index (χ3v) is 4.24. The number of hydrogen-bond acceptors (Lipinski definition) is 2. The predicted molar refractivity (Wildman–Crippen MR) is 82.9 cm³/mol. The van der Waals surface area contributed by atoms with Crippen LogP contribution >= 0.6 is 0 Å². The number of Topliss-reactive ketones (excluding diaryl/α,β-unsaturated/α-hetero) is 1. The van der Waals surface area contributed by atoms with Crippen LogP contribution in [0.3, 0.4) is 0 Å². The van der Waals surface area contributed by atoms with Crippen LogP contribution in [0.5, 0.6) is 0 Å². The Hall–Kier alpha value is -1.67. The summed E-state index contributed by atoms with van der Waals surface area (Å²) in [5, 5.41) is 5.79. The van der Waals surface area contributed by atoms with E-state index < -0.39 is 0 Å². The standard InChI is InChI=1S/C18H21NO/c20-17(12-14-8-10-19-11-9-14)13-16-6-3-5-15-4-1-2-7-18(15)16/h1-7,14,19H,8-13H2. The highest BCUT2D eigenvalue weighted by Crippen LogP contribution is 2.21. The van der Waals surface area contributed by atoms with Crippen LogP contribution in [-0.4, -0.2) is 18.9 Å². The van der Waals surface area contributed by atoms with Crippen molar-refractivity contribution in [3.05, 3.63) is 48.0 Å². The van der Waals surface area contributed by atoms with Gasteiger partial charge in [-0.2, -0.15) is 0 Å². The predicted octanol–water partition coefficient (Wildman–Crippen LogP) is 3.34. The van der Waals surface area contributed by atoms with Gasteiger partial charge >= 0.3 is 0 Å². The number of rotatable bonds is 4. The van der Waals surface area contributed by atoms with Crippen molar-refractivity contribution in [1.29, 1.82) is 0 Å². The molecule has 0 bridgehead atoms. The van der Waals surface area contributed by atoms with Gasteiger partial charge in [-0.25, -0.2) is 0 Å². The fraction of sp³-hybridized carbons (Fsp3) is 0.389. The number of nitrogens with one attached hydrogen (secondary N) is 1. The lowest BCUT2D eigenvalue weighted by Crippen LogP contribution is -2.29. The molecule has 0 radical (unpaired) electrons. The monoisotopic (exact) mass is 267 g/mol. The molecule has 2 aromatic carbocycles. The zero-order chi connectivity index (χ0) is 13.8. The first-order valence-corrected chi connectivity index (χ1v) is 7.52. The topological polar surface area (TPSA) is 29.1 Å². The molecule has 2 aromatic rings. The van der Waals surface area contributed by atoms with Crippen LogP contribution < -0.4 is 5.32 Å². The molecule has 0 spiro atoms.